The molecule has 104 valence electrons. The molecule has 1 aromatic rings. The lowest BCUT2D eigenvalue weighted by Crippen LogP contribution is -1.97. The van der Waals surface area contributed by atoms with Crippen molar-refractivity contribution in [2.75, 3.05) is 12.4 Å². The highest BCUT2D eigenvalue weighted by Crippen LogP contribution is 2.11. The van der Waals surface area contributed by atoms with Crippen LogP contribution in [0.1, 0.15) is 51.9 Å². The van der Waals surface area contributed by atoms with Gasteiger partial charge < -0.3 is 4.74 Å². The van der Waals surface area contributed by atoms with Crippen molar-refractivity contribution in [1.29, 1.82) is 0 Å². The van der Waals surface area contributed by atoms with Gasteiger partial charge in [-0.05, 0) is 25.5 Å². The molecule has 0 aliphatic heterocycles. The van der Waals surface area contributed by atoms with Gasteiger partial charge in [0.15, 0.2) is 5.75 Å². The minimum absolute atomic E-state index is 0.812. The minimum Gasteiger partial charge on any atom is -0.490 e. The quantitative estimate of drug-likeness (QED) is 0.487. The van der Waals surface area contributed by atoms with Gasteiger partial charge >= 0.3 is 0 Å². The largest absolute Gasteiger partial charge is 0.490 e. The average Bonchev–Trinajstić information content (AvgIpc) is 2.85. The average molecular weight is 270 g/mol. The molecule has 0 aromatic carbocycles. The van der Waals surface area contributed by atoms with Crippen LogP contribution in [0, 0.1) is 0 Å². The number of aryl methyl sites for hydroxylation is 1. The van der Waals surface area contributed by atoms with Crippen LogP contribution in [-0.2, 0) is 6.54 Å². The standard InChI is InChI=1S/C14H26N2OS/c1-2-16-13-14(12-15-16)17-10-8-6-4-3-5-7-9-11-18/h12-13,18H,2-11H2,1H3. The predicted octanol–water partition coefficient (Wildman–Crippen LogP) is 3.94. The lowest BCUT2D eigenvalue weighted by atomic mass is 10.1. The molecule has 0 aliphatic carbocycles. The molecule has 0 amide bonds. The maximum absolute atomic E-state index is 5.64. The molecule has 0 saturated heterocycles. The van der Waals surface area contributed by atoms with Gasteiger partial charge in [0.1, 0.15) is 0 Å². The van der Waals surface area contributed by atoms with Crippen LogP contribution in [0.25, 0.3) is 0 Å². The Hall–Kier alpha value is -0.640. The van der Waals surface area contributed by atoms with Gasteiger partial charge in [-0.2, -0.15) is 17.7 Å². The van der Waals surface area contributed by atoms with Crippen molar-refractivity contribution in [2.45, 2.75) is 58.4 Å². The van der Waals surface area contributed by atoms with Crippen LogP contribution < -0.4 is 4.74 Å². The van der Waals surface area contributed by atoms with E-state index >= 15 is 0 Å². The first kappa shape index (κ1) is 15.4. The number of rotatable bonds is 11. The van der Waals surface area contributed by atoms with Crippen LogP contribution in [0.4, 0.5) is 0 Å². The third-order valence-corrected chi connectivity index (χ3v) is 3.32. The van der Waals surface area contributed by atoms with Crippen molar-refractivity contribution in [1.82, 2.24) is 9.78 Å². The maximum Gasteiger partial charge on any atom is 0.157 e. The second kappa shape index (κ2) is 10.3. The van der Waals surface area contributed by atoms with Crippen molar-refractivity contribution in [2.24, 2.45) is 0 Å². The highest BCUT2D eigenvalue weighted by molar-refractivity contribution is 7.80. The molecular weight excluding hydrogens is 244 g/mol. The molecule has 0 bridgehead atoms. The van der Waals surface area contributed by atoms with Crippen LogP contribution in [0.3, 0.4) is 0 Å². The van der Waals surface area contributed by atoms with E-state index in [0.29, 0.717) is 0 Å². The molecule has 0 unspecified atom stereocenters. The fourth-order valence-corrected chi connectivity index (χ4v) is 2.10. The Bertz CT molecular complexity index is 302. The van der Waals surface area contributed by atoms with Crippen molar-refractivity contribution < 1.29 is 4.74 Å². The van der Waals surface area contributed by atoms with Crippen molar-refractivity contribution in [3.8, 4) is 5.75 Å². The van der Waals surface area contributed by atoms with Crippen molar-refractivity contribution in [3.05, 3.63) is 12.4 Å². The second-order valence-corrected chi connectivity index (χ2v) is 5.03. The van der Waals surface area contributed by atoms with E-state index in [0.717, 1.165) is 31.1 Å². The molecule has 0 radical (unpaired) electrons. The fraction of sp³-hybridized carbons (Fsp3) is 0.786. The molecule has 1 aromatic heterocycles. The first-order valence-electron chi connectivity index (χ1n) is 7.13. The lowest BCUT2D eigenvalue weighted by molar-refractivity contribution is 0.304. The second-order valence-electron chi connectivity index (χ2n) is 4.58. The van der Waals surface area contributed by atoms with Gasteiger partial charge in [0.2, 0.25) is 0 Å². The Balaban J connectivity index is 1.89. The Labute approximate surface area is 116 Å². The van der Waals surface area contributed by atoms with Gasteiger partial charge in [-0.1, -0.05) is 32.1 Å². The number of aromatic nitrogens is 2. The molecule has 0 spiro atoms. The molecule has 4 heteroatoms. The van der Waals surface area contributed by atoms with E-state index in [9.17, 15) is 0 Å². The molecule has 0 atom stereocenters. The van der Waals surface area contributed by atoms with E-state index in [4.69, 9.17) is 4.74 Å². The smallest absolute Gasteiger partial charge is 0.157 e. The fourth-order valence-electron chi connectivity index (χ4n) is 1.88. The summed E-state index contributed by atoms with van der Waals surface area (Å²) in [5, 5.41) is 4.18. The number of hydrogen-bond donors (Lipinski definition) is 1. The Kier molecular flexibility index (Phi) is 8.82. The summed E-state index contributed by atoms with van der Waals surface area (Å²) in [5.41, 5.74) is 0. The first-order valence-corrected chi connectivity index (χ1v) is 7.76. The van der Waals surface area contributed by atoms with Gasteiger partial charge in [0.25, 0.3) is 0 Å². The molecule has 1 rings (SSSR count). The summed E-state index contributed by atoms with van der Waals surface area (Å²) in [6.45, 7) is 3.78. The number of unbranched alkanes of at least 4 members (excludes halogenated alkanes) is 6. The summed E-state index contributed by atoms with van der Waals surface area (Å²) in [5.74, 6) is 1.92. The number of ether oxygens (including phenoxy) is 1. The Morgan fingerprint density at radius 1 is 1.11 bits per heavy atom. The van der Waals surface area contributed by atoms with Crippen LogP contribution in [0.5, 0.6) is 5.75 Å². The third kappa shape index (κ3) is 6.94. The minimum atomic E-state index is 0.812. The normalized spacial score (nSPS) is 10.8. The van der Waals surface area contributed by atoms with Crippen LogP contribution in [-0.4, -0.2) is 22.1 Å². The zero-order valence-corrected chi connectivity index (χ0v) is 12.4. The van der Waals surface area contributed by atoms with E-state index in [-0.39, 0.29) is 0 Å². The summed E-state index contributed by atoms with van der Waals surface area (Å²) in [7, 11) is 0. The van der Waals surface area contributed by atoms with Crippen LogP contribution in [0.2, 0.25) is 0 Å². The number of nitrogens with zero attached hydrogens (tertiary/aromatic N) is 2. The van der Waals surface area contributed by atoms with Crippen LogP contribution >= 0.6 is 12.6 Å². The van der Waals surface area contributed by atoms with Gasteiger partial charge in [0, 0.05) is 6.54 Å². The molecule has 0 saturated carbocycles. The SMILES string of the molecule is CCn1cc(OCCCCCCCCCS)cn1. The summed E-state index contributed by atoms with van der Waals surface area (Å²) in [6, 6.07) is 0. The number of thiol groups is 1. The molecule has 3 nitrogen and oxygen atoms in total. The van der Waals surface area contributed by atoms with E-state index in [2.05, 4.69) is 24.7 Å². The van der Waals surface area contributed by atoms with E-state index < -0.39 is 0 Å². The predicted molar refractivity (Wildman–Crippen MR) is 79.6 cm³/mol. The highest BCUT2D eigenvalue weighted by atomic mass is 32.1. The van der Waals surface area contributed by atoms with Gasteiger partial charge in [-0.25, -0.2) is 0 Å². The van der Waals surface area contributed by atoms with E-state index in [1.807, 2.05) is 10.9 Å². The van der Waals surface area contributed by atoms with E-state index in [1.54, 1.807) is 6.20 Å². The van der Waals surface area contributed by atoms with Gasteiger partial charge in [0.05, 0.1) is 19.0 Å². The molecular formula is C14H26N2OS. The molecule has 1 heterocycles. The summed E-state index contributed by atoms with van der Waals surface area (Å²) in [6.07, 6.45) is 12.8. The molecule has 0 aliphatic rings. The summed E-state index contributed by atoms with van der Waals surface area (Å²) >= 11 is 4.21. The van der Waals surface area contributed by atoms with Gasteiger partial charge in [-0.15, -0.1) is 0 Å². The highest BCUT2D eigenvalue weighted by Gasteiger charge is 1.97. The van der Waals surface area contributed by atoms with E-state index in [1.165, 1.54) is 38.5 Å². The summed E-state index contributed by atoms with van der Waals surface area (Å²) in [4.78, 5) is 0. The van der Waals surface area contributed by atoms with Crippen LogP contribution in [0.15, 0.2) is 12.4 Å². The first-order chi connectivity index (χ1) is 8.86. The zero-order chi connectivity index (χ0) is 13.1. The summed E-state index contributed by atoms with van der Waals surface area (Å²) < 4.78 is 7.53. The van der Waals surface area contributed by atoms with Gasteiger partial charge in [-0.3, -0.25) is 4.68 Å². The third-order valence-electron chi connectivity index (χ3n) is 3.00. The molecule has 0 N–H and O–H groups in total. The van der Waals surface area contributed by atoms with Crippen molar-refractivity contribution in [3.63, 3.8) is 0 Å². The zero-order valence-electron chi connectivity index (χ0n) is 11.5. The molecule has 0 fully saturated rings. The lowest BCUT2D eigenvalue weighted by Gasteiger charge is -2.03. The maximum atomic E-state index is 5.64. The Morgan fingerprint density at radius 2 is 1.78 bits per heavy atom. The topological polar surface area (TPSA) is 27.1 Å². The molecule has 18 heavy (non-hydrogen) atoms. The van der Waals surface area contributed by atoms with Crippen molar-refractivity contribution >= 4 is 12.6 Å². The Morgan fingerprint density at radius 3 is 2.39 bits per heavy atom. The monoisotopic (exact) mass is 270 g/mol. The number of hydrogen-bond acceptors (Lipinski definition) is 3.